The maximum Gasteiger partial charge on any atom is 0.435 e. The van der Waals surface area contributed by atoms with Crippen molar-refractivity contribution in [1.29, 1.82) is 0 Å². The van der Waals surface area contributed by atoms with Crippen molar-refractivity contribution in [2.75, 3.05) is 11.6 Å². The molecular weight excluding hydrogens is 493 g/mol. The van der Waals surface area contributed by atoms with Crippen molar-refractivity contribution in [2.24, 2.45) is 5.10 Å². The number of rotatable bonds is 7. The molecule has 0 spiro atoms. The molecular formula is C30H23F3N2O3. The van der Waals surface area contributed by atoms with E-state index in [1.54, 1.807) is 43.3 Å². The molecule has 1 heterocycles. The highest BCUT2D eigenvalue weighted by molar-refractivity contribution is 6.34. The molecule has 1 aliphatic rings. The molecule has 4 aromatic rings. The van der Waals surface area contributed by atoms with Crippen LogP contribution in [0.1, 0.15) is 18.1 Å². The van der Waals surface area contributed by atoms with Crippen molar-refractivity contribution >= 4 is 34.2 Å². The van der Waals surface area contributed by atoms with Gasteiger partial charge in [0.05, 0.1) is 17.9 Å². The standard InChI is InChI=1S/C30H23F3N2O3/c1-2-37-27-18-20(15-16-26(27)38-19-22-11-8-10-21-9-6-7-14-24(21)22)17-25-28(30(31,32)33)34-35(29(25)36)23-12-4-3-5-13-23/h3-18H,2,19H2,1H3/b25-17-. The van der Waals surface area contributed by atoms with Crippen LogP contribution in [0.25, 0.3) is 16.8 Å². The predicted octanol–water partition coefficient (Wildman–Crippen LogP) is 7.17. The molecule has 38 heavy (non-hydrogen) atoms. The number of benzene rings is 4. The van der Waals surface area contributed by atoms with E-state index in [9.17, 15) is 18.0 Å². The summed E-state index contributed by atoms with van der Waals surface area (Å²) >= 11 is 0. The molecule has 1 aliphatic heterocycles. The Kier molecular flexibility index (Phi) is 6.87. The number of nitrogens with zero attached hydrogens (tertiary/aromatic N) is 2. The first-order valence-corrected chi connectivity index (χ1v) is 12.0. The summed E-state index contributed by atoms with van der Waals surface area (Å²) in [7, 11) is 0. The Morgan fingerprint density at radius 1 is 0.868 bits per heavy atom. The minimum Gasteiger partial charge on any atom is -0.490 e. The van der Waals surface area contributed by atoms with Crippen molar-refractivity contribution in [3.8, 4) is 11.5 Å². The van der Waals surface area contributed by atoms with Crippen LogP contribution < -0.4 is 14.5 Å². The summed E-state index contributed by atoms with van der Waals surface area (Å²) in [5.74, 6) is -0.0639. The summed E-state index contributed by atoms with van der Waals surface area (Å²) in [5.41, 5.74) is -0.217. The maximum absolute atomic E-state index is 13.8. The number of anilines is 1. The molecule has 0 aromatic heterocycles. The van der Waals surface area contributed by atoms with Crippen LogP contribution in [-0.2, 0) is 11.4 Å². The highest BCUT2D eigenvalue weighted by Gasteiger charge is 2.46. The Bertz CT molecular complexity index is 1540. The van der Waals surface area contributed by atoms with E-state index in [0.717, 1.165) is 21.3 Å². The second kappa shape index (κ2) is 10.4. The van der Waals surface area contributed by atoms with E-state index in [-0.39, 0.29) is 12.3 Å². The number of ether oxygens (including phenoxy) is 2. The molecule has 0 atom stereocenters. The topological polar surface area (TPSA) is 51.1 Å². The number of alkyl halides is 3. The molecule has 0 unspecified atom stereocenters. The lowest BCUT2D eigenvalue weighted by molar-refractivity contribution is -0.114. The van der Waals surface area contributed by atoms with Gasteiger partial charge >= 0.3 is 6.18 Å². The van der Waals surface area contributed by atoms with E-state index in [0.29, 0.717) is 23.7 Å². The smallest absolute Gasteiger partial charge is 0.435 e. The van der Waals surface area contributed by atoms with Crippen LogP contribution in [0.15, 0.2) is 102 Å². The average molecular weight is 517 g/mol. The third-order valence-corrected chi connectivity index (χ3v) is 5.99. The fraction of sp³-hybridized carbons (Fsp3) is 0.133. The van der Waals surface area contributed by atoms with Crippen LogP contribution in [0.5, 0.6) is 11.5 Å². The molecule has 0 N–H and O–H groups in total. The van der Waals surface area contributed by atoms with E-state index >= 15 is 0 Å². The van der Waals surface area contributed by atoms with E-state index in [1.165, 1.54) is 18.2 Å². The Morgan fingerprint density at radius 3 is 2.37 bits per heavy atom. The van der Waals surface area contributed by atoms with Crippen molar-refractivity contribution in [3.63, 3.8) is 0 Å². The summed E-state index contributed by atoms with van der Waals surface area (Å²) in [4.78, 5) is 13.0. The molecule has 0 bridgehead atoms. The number of halogens is 3. The molecule has 4 aromatic carbocycles. The Balaban J connectivity index is 1.45. The Labute approximate surface area is 217 Å². The molecule has 192 valence electrons. The van der Waals surface area contributed by atoms with Gasteiger partial charge in [-0.2, -0.15) is 23.3 Å². The van der Waals surface area contributed by atoms with Crippen LogP contribution in [0.2, 0.25) is 0 Å². The van der Waals surface area contributed by atoms with Crippen molar-refractivity contribution in [2.45, 2.75) is 19.7 Å². The zero-order valence-electron chi connectivity index (χ0n) is 20.4. The zero-order chi connectivity index (χ0) is 26.7. The van der Waals surface area contributed by atoms with Crippen molar-refractivity contribution in [3.05, 3.63) is 108 Å². The Morgan fingerprint density at radius 2 is 1.61 bits per heavy atom. The van der Waals surface area contributed by atoms with E-state index in [2.05, 4.69) is 5.10 Å². The molecule has 0 radical (unpaired) electrons. The molecule has 1 amide bonds. The lowest BCUT2D eigenvalue weighted by Crippen LogP contribution is -2.25. The highest BCUT2D eigenvalue weighted by atomic mass is 19.4. The van der Waals surface area contributed by atoms with Gasteiger partial charge in [-0.3, -0.25) is 4.79 Å². The van der Waals surface area contributed by atoms with Gasteiger partial charge in [0.15, 0.2) is 17.2 Å². The van der Waals surface area contributed by atoms with Gasteiger partial charge in [-0.05, 0) is 59.2 Å². The average Bonchev–Trinajstić information content (AvgIpc) is 3.25. The number of hydrogen-bond donors (Lipinski definition) is 0. The van der Waals surface area contributed by atoms with Gasteiger partial charge in [-0.1, -0.05) is 66.7 Å². The van der Waals surface area contributed by atoms with Gasteiger partial charge in [0.1, 0.15) is 6.61 Å². The molecule has 5 rings (SSSR count). The normalized spacial score (nSPS) is 14.7. The molecule has 0 aliphatic carbocycles. The van der Waals surface area contributed by atoms with Crippen molar-refractivity contribution in [1.82, 2.24) is 0 Å². The van der Waals surface area contributed by atoms with Crippen LogP contribution in [0.4, 0.5) is 18.9 Å². The third-order valence-electron chi connectivity index (χ3n) is 5.99. The van der Waals surface area contributed by atoms with Gasteiger partial charge in [0, 0.05) is 0 Å². The second-order valence-corrected chi connectivity index (χ2v) is 8.52. The minimum absolute atomic E-state index is 0.245. The second-order valence-electron chi connectivity index (χ2n) is 8.52. The van der Waals surface area contributed by atoms with Gasteiger partial charge < -0.3 is 9.47 Å². The van der Waals surface area contributed by atoms with Gasteiger partial charge in [-0.15, -0.1) is 0 Å². The van der Waals surface area contributed by atoms with Crippen LogP contribution in [0, 0.1) is 0 Å². The van der Waals surface area contributed by atoms with E-state index < -0.39 is 23.4 Å². The summed E-state index contributed by atoms with van der Waals surface area (Å²) in [6, 6.07) is 26.7. The fourth-order valence-corrected chi connectivity index (χ4v) is 4.24. The monoisotopic (exact) mass is 516 g/mol. The predicted molar refractivity (Wildman–Crippen MR) is 141 cm³/mol. The third kappa shape index (κ3) is 5.11. The van der Waals surface area contributed by atoms with Crippen molar-refractivity contribution < 1.29 is 27.4 Å². The SMILES string of the molecule is CCOc1cc(/C=C2\C(=O)N(c3ccccc3)N=C2C(F)(F)F)ccc1OCc1cccc2ccccc12. The number of para-hydroxylation sites is 1. The fourth-order valence-electron chi connectivity index (χ4n) is 4.24. The quantitative estimate of drug-likeness (QED) is 0.245. The number of fused-ring (bicyclic) bond motifs is 1. The van der Waals surface area contributed by atoms with Crippen LogP contribution >= 0.6 is 0 Å². The number of amides is 1. The molecule has 0 saturated carbocycles. The number of carbonyl (C=O) groups is 1. The zero-order valence-corrected chi connectivity index (χ0v) is 20.4. The molecule has 8 heteroatoms. The van der Waals surface area contributed by atoms with Gasteiger partial charge in [-0.25, -0.2) is 0 Å². The Hall–Kier alpha value is -4.59. The van der Waals surface area contributed by atoms with Gasteiger partial charge in [0.2, 0.25) is 0 Å². The molecule has 0 fully saturated rings. The maximum atomic E-state index is 13.8. The minimum atomic E-state index is -4.81. The summed E-state index contributed by atoms with van der Waals surface area (Å²) in [6.07, 6.45) is -3.64. The first-order valence-electron chi connectivity index (χ1n) is 12.0. The summed E-state index contributed by atoms with van der Waals surface area (Å²) < 4.78 is 53.2. The largest absolute Gasteiger partial charge is 0.490 e. The number of hydrogen-bond acceptors (Lipinski definition) is 4. The first kappa shape index (κ1) is 25.1. The lowest BCUT2D eigenvalue weighted by atomic mass is 10.0. The lowest BCUT2D eigenvalue weighted by Gasteiger charge is -2.14. The number of carbonyl (C=O) groups excluding carboxylic acids is 1. The first-order chi connectivity index (χ1) is 18.3. The summed E-state index contributed by atoms with van der Waals surface area (Å²) in [5, 5.41) is 6.52. The van der Waals surface area contributed by atoms with Crippen LogP contribution in [-0.4, -0.2) is 24.4 Å². The van der Waals surface area contributed by atoms with Crippen LogP contribution in [0.3, 0.4) is 0 Å². The van der Waals surface area contributed by atoms with E-state index in [4.69, 9.17) is 9.47 Å². The van der Waals surface area contributed by atoms with E-state index in [1.807, 2.05) is 42.5 Å². The summed E-state index contributed by atoms with van der Waals surface area (Å²) in [6.45, 7) is 2.39. The highest BCUT2D eigenvalue weighted by Crippen LogP contribution is 2.35. The molecule has 0 saturated heterocycles. The number of hydrazone groups is 1. The molecule has 5 nitrogen and oxygen atoms in total. The van der Waals surface area contributed by atoms with Gasteiger partial charge in [0.25, 0.3) is 5.91 Å².